The highest BCUT2D eigenvalue weighted by molar-refractivity contribution is 9.10. The molecule has 1 aliphatic carbocycles. The van der Waals surface area contributed by atoms with Crippen LogP contribution in [0.1, 0.15) is 30.4 Å². The molecule has 0 unspecified atom stereocenters. The van der Waals surface area contributed by atoms with Gasteiger partial charge in [-0.2, -0.15) is 0 Å². The Hall–Kier alpha value is -0.540. The van der Waals surface area contributed by atoms with Gasteiger partial charge in [0.1, 0.15) is 5.75 Å². The Morgan fingerprint density at radius 2 is 2.13 bits per heavy atom. The quantitative estimate of drug-likeness (QED) is 0.887. The standard InChI is InChI=1S/C12H16BrNO/c1-8-2-3-10(13)9(11(8)15)4-5-12(14)6-7-12/h2-3,15H,4-7,14H2,1H3. The Bertz CT molecular complexity index is 385. The van der Waals surface area contributed by atoms with Crippen molar-refractivity contribution in [1.29, 1.82) is 0 Å². The van der Waals surface area contributed by atoms with Crippen molar-refractivity contribution in [3.63, 3.8) is 0 Å². The van der Waals surface area contributed by atoms with Gasteiger partial charge in [0.05, 0.1) is 0 Å². The second-order valence-electron chi connectivity index (χ2n) is 4.55. The van der Waals surface area contributed by atoms with E-state index in [-0.39, 0.29) is 5.54 Å². The number of nitrogens with two attached hydrogens (primary N) is 1. The van der Waals surface area contributed by atoms with Crippen molar-refractivity contribution >= 4 is 15.9 Å². The van der Waals surface area contributed by atoms with Gasteiger partial charge in [0, 0.05) is 15.6 Å². The average Bonchev–Trinajstić information content (AvgIpc) is 2.91. The summed E-state index contributed by atoms with van der Waals surface area (Å²) < 4.78 is 0.981. The number of rotatable bonds is 3. The van der Waals surface area contributed by atoms with Gasteiger partial charge in [0.2, 0.25) is 0 Å². The summed E-state index contributed by atoms with van der Waals surface area (Å²) in [6.07, 6.45) is 4.06. The van der Waals surface area contributed by atoms with E-state index in [4.69, 9.17) is 5.73 Å². The SMILES string of the molecule is Cc1ccc(Br)c(CCC2(N)CC2)c1O. The van der Waals surface area contributed by atoms with E-state index in [9.17, 15) is 5.11 Å². The molecule has 1 aromatic rings. The summed E-state index contributed by atoms with van der Waals surface area (Å²) in [6, 6.07) is 3.90. The minimum Gasteiger partial charge on any atom is -0.507 e. The predicted molar refractivity (Wildman–Crippen MR) is 65.0 cm³/mol. The van der Waals surface area contributed by atoms with Crippen LogP contribution in [0.3, 0.4) is 0 Å². The van der Waals surface area contributed by atoms with Gasteiger partial charge in [-0.25, -0.2) is 0 Å². The maximum atomic E-state index is 9.92. The molecule has 1 aromatic carbocycles. The van der Waals surface area contributed by atoms with Crippen LogP contribution in [0.2, 0.25) is 0 Å². The van der Waals surface area contributed by atoms with Gasteiger partial charge in [-0.1, -0.05) is 22.0 Å². The lowest BCUT2D eigenvalue weighted by atomic mass is 10.0. The second-order valence-corrected chi connectivity index (χ2v) is 5.41. The van der Waals surface area contributed by atoms with Crippen molar-refractivity contribution in [3.8, 4) is 5.75 Å². The lowest BCUT2D eigenvalue weighted by Crippen LogP contribution is -2.22. The maximum absolute atomic E-state index is 9.92. The third-order valence-corrected chi connectivity index (χ3v) is 3.94. The summed E-state index contributed by atoms with van der Waals surface area (Å²) in [5.41, 5.74) is 8.01. The second kappa shape index (κ2) is 3.80. The molecular formula is C12H16BrNO. The van der Waals surface area contributed by atoms with Crippen molar-refractivity contribution < 1.29 is 5.11 Å². The van der Waals surface area contributed by atoms with Crippen LogP contribution in [-0.2, 0) is 6.42 Å². The fourth-order valence-corrected chi connectivity index (χ4v) is 2.27. The molecule has 1 saturated carbocycles. The first-order valence-electron chi connectivity index (χ1n) is 5.28. The summed E-state index contributed by atoms with van der Waals surface area (Å²) in [5.74, 6) is 0.411. The summed E-state index contributed by atoms with van der Waals surface area (Å²) >= 11 is 3.47. The van der Waals surface area contributed by atoms with Crippen LogP contribution in [0.15, 0.2) is 16.6 Å². The Balaban J connectivity index is 2.16. The smallest absolute Gasteiger partial charge is 0.122 e. The maximum Gasteiger partial charge on any atom is 0.122 e. The van der Waals surface area contributed by atoms with Gasteiger partial charge < -0.3 is 10.8 Å². The van der Waals surface area contributed by atoms with Gasteiger partial charge in [-0.3, -0.25) is 0 Å². The van der Waals surface area contributed by atoms with Crippen LogP contribution >= 0.6 is 15.9 Å². The molecule has 0 amide bonds. The molecule has 3 heteroatoms. The molecule has 0 aliphatic heterocycles. The zero-order chi connectivity index (χ0) is 11.1. The normalized spacial score (nSPS) is 17.8. The Kier molecular flexibility index (Phi) is 2.77. The van der Waals surface area contributed by atoms with Crippen LogP contribution in [0.4, 0.5) is 0 Å². The monoisotopic (exact) mass is 269 g/mol. The Morgan fingerprint density at radius 3 is 2.73 bits per heavy atom. The summed E-state index contributed by atoms with van der Waals surface area (Å²) in [4.78, 5) is 0. The number of hydrogen-bond acceptors (Lipinski definition) is 2. The summed E-state index contributed by atoms with van der Waals surface area (Å²) in [5, 5.41) is 9.92. The van der Waals surface area contributed by atoms with Gasteiger partial charge in [0.25, 0.3) is 0 Å². The first-order valence-corrected chi connectivity index (χ1v) is 6.07. The fraction of sp³-hybridized carbons (Fsp3) is 0.500. The highest BCUT2D eigenvalue weighted by Gasteiger charge is 2.37. The van der Waals surface area contributed by atoms with E-state index in [1.807, 2.05) is 19.1 Å². The molecule has 0 bridgehead atoms. The van der Waals surface area contributed by atoms with Crippen LogP contribution in [-0.4, -0.2) is 10.6 Å². The van der Waals surface area contributed by atoms with E-state index in [0.717, 1.165) is 41.3 Å². The number of phenolic OH excluding ortho intramolecular Hbond substituents is 1. The molecule has 1 fully saturated rings. The predicted octanol–water partition coefficient (Wildman–Crippen LogP) is 2.89. The van der Waals surface area contributed by atoms with Crippen LogP contribution < -0.4 is 5.73 Å². The minimum absolute atomic E-state index is 0.0512. The third-order valence-electron chi connectivity index (χ3n) is 3.19. The molecule has 0 spiro atoms. The zero-order valence-corrected chi connectivity index (χ0v) is 10.5. The van der Waals surface area contributed by atoms with Crippen molar-refractivity contribution in [1.82, 2.24) is 0 Å². The Morgan fingerprint density at radius 1 is 1.47 bits per heavy atom. The molecule has 2 nitrogen and oxygen atoms in total. The first kappa shape index (κ1) is 11.0. The van der Waals surface area contributed by atoms with Gasteiger partial charge >= 0.3 is 0 Å². The topological polar surface area (TPSA) is 46.2 Å². The highest BCUT2D eigenvalue weighted by Crippen LogP contribution is 2.39. The van der Waals surface area contributed by atoms with Crippen LogP contribution in [0.25, 0.3) is 0 Å². The van der Waals surface area contributed by atoms with Gasteiger partial charge in [0.15, 0.2) is 0 Å². The molecule has 82 valence electrons. The van der Waals surface area contributed by atoms with E-state index in [2.05, 4.69) is 15.9 Å². The van der Waals surface area contributed by atoms with Crippen molar-refractivity contribution in [2.24, 2.45) is 5.73 Å². The minimum atomic E-state index is 0.0512. The molecule has 15 heavy (non-hydrogen) atoms. The van der Waals surface area contributed by atoms with Crippen molar-refractivity contribution in [2.45, 2.75) is 38.1 Å². The van der Waals surface area contributed by atoms with E-state index < -0.39 is 0 Å². The molecule has 1 aliphatic rings. The first-order chi connectivity index (χ1) is 7.02. The molecule has 2 rings (SSSR count). The number of aryl methyl sites for hydroxylation is 1. The number of benzene rings is 1. The summed E-state index contributed by atoms with van der Waals surface area (Å²) in [7, 11) is 0. The fourth-order valence-electron chi connectivity index (χ4n) is 1.75. The molecule has 0 heterocycles. The average molecular weight is 270 g/mol. The van der Waals surface area contributed by atoms with Crippen LogP contribution in [0, 0.1) is 6.92 Å². The number of aromatic hydroxyl groups is 1. The highest BCUT2D eigenvalue weighted by atomic mass is 79.9. The lowest BCUT2D eigenvalue weighted by Gasteiger charge is -2.12. The molecular weight excluding hydrogens is 254 g/mol. The van der Waals surface area contributed by atoms with E-state index in [1.54, 1.807) is 0 Å². The molecule has 0 aromatic heterocycles. The largest absolute Gasteiger partial charge is 0.507 e. The molecule has 3 N–H and O–H groups in total. The van der Waals surface area contributed by atoms with Crippen molar-refractivity contribution in [2.75, 3.05) is 0 Å². The van der Waals surface area contributed by atoms with E-state index in [0.29, 0.717) is 5.75 Å². The lowest BCUT2D eigenvalue weighted by molar-refractivity contribution is 0.459. The number of phenols is 1. The third kappa shape index (κ3) is 2.34. The molecule has 0 saturated heterocycles. The van der Waals surface area contributed by atoms with Gasteiger partial charge in [-0.15, -0.1) is 0 Å². The molecule has 0 radical (unpaired) electrons. The summed E-state index contributed by atoms with van der Waals surface area (Å²) in [6.45, 7) is 1.92. The number of hydrogen-bond donors (Lipinski definition) is 2. The molecule has 0 atom stereocenters. The van der Waals surface area contributed by atoms with Crippen molar-refractivity contribution in [3.05, 3.63) is 27.7 Å². The Labute approximate surface area is 98.6 Å². The number of halogens is 1. The van der Waals surface area contributed by atoms with E-state index in [1.165, 1.54) is 0 Å². The van der Waals surface area contributed by atoms with Gasteiger partial charge in [-0.05, 0) is 44.2 Å². The zero-order valence-electron chi connectivity index (χ0n) is 8.89. The van der Waals surface area contributed by atoms with E-state index >= 15 is 0 Å². The van der Waals surface area contributed by atoms with Crippen LogP contribution in [0.5, 0.6) is 5.75 Å².